The number of hydrogen-bond donors (Lipinski definition) is 2. The van der Waals surface area contributed by atoms with Crippen molar-refractivity contribution in [3.05, 3.63) is 182 Å². The molecule has 0 amide bonds. The van der Waals surface area contributed by atoms with E-state index in [1.165, 1.54) is 0 Å². The van der Waals surface area contributed by atoms with Crippen molar-refractivity contribution in [2.45, 2.75) is 0 Å². The molecule has 0 spiro atoms. The molecule has 6 rings (SSSR count). The van der Waals surface area contributed by atoms with Gasteiger partial charge >= 0.3 is 24.7 Å². The van der Waals surface area contributed by atoms with Crippen molar-refractivity contribution in [2.24, 2.45) is 0 Å². The molecule has 0 aliphatic carbocycles. The van der Waals surface area contributed by atoms with E-state index in [2.05, 4.69) is 0 Å². The van der Waals surface area contributed by atoms with Crippen molar-refractivity contribution < 1.29 is 43.7 Å². The van der Waals surface area contributed by atoms with Crippen LogP contribution in [0.15, 0.2) is 182 Å². The summed E-state index contributed by atoms with van der Waals surface area (Å²) in [6.07, 6.45) is 0. The van der Waals surface area contributed by atoms with Crippen molar-refractivity contribution in [2.75, 3.05) is 0 Å². The van der Waals surface area contributed by atoms with Gasteiger partial charge in [-0.15, -0.1) is 0 Å². The monoisotopic (exact) mass is 712 g/mol. The van der Waals surface area contributed by atoms with Gasteiger partial charge in [-0.1, -0.05) is 109 Å². The smallest absolute Gasteiger partial charge is 0.307 e. The van der Waals surface area contributed by atoms with Gasteiger partial charge in [0.1, 0.15) is 0 Å². The fourth-order valence-corrected chi connectivity index (χ4v) is 10.2. The van der Waals surface area contributed by atoms with Crippen molar-refractivity contribution in [3.63, 3.8) is 0 Å². The normalized spacial score (nSPS) is 11.0. The SMILES string of the molecule is O=S(=O)(O)O.[Fe].[OH+]=P(c1ccccc1)(c1ccccc1)c1ccccc1.[OH+]=P(c1ccccc1)(c1ccccc1)c1ccccc1. The zero-order valence-corrected chi connectivity index (χ0v) is 28.3. The van der Waals surface area contributed by atoms with Crippen LogP contribution in [0.4, 0.5) is 0 Å². The molecular formula is C36H34FeO6P2S+2. The van der Waals surface area contributed by atoms with Gasteiger partial charge in [-0.2, -0.15) is 8.42 Å². The third-order valence-electron chi connectivity index (χ3n) is 6.78. The Balaban J connectivity index is 0.000000215. The Bertz CT molecular complexity index is 1620. The molecule has 0 heterocycles. The molecule has 46 heavy (non-hydrogen) atoms. The molecule has 0 radical (unpaired) electrons. The molecule has 0 aliphatic rings. The minimum atomic E-state index is -4.67. The van der Waals surface area contributed by atoms with Gasteiger partial charge in [-0.25, -0.2) is 0 Å². The van der Waals surface area contributed by atoms with Crippen LogP contribution in [0.3, 0.4) is 0 Å². The van der Waals surface area contributed by atoms with Crippen LogP contribution in [-0.4, -0.2) is 26.7 Å². The van der Waals surface area contributed by atoms with Gasteiger partial charge in [0.05, 0.1) is 31.8 Å². The van der Waals surface area contributed by atoms with Crippen molar-refractivity contribution in [1.82, 2.24) is 0 Å². The number of benzene rings is 6. The molecule has 4 N–H and O–H groups in total. The zero-order chi connectivity index (χ0) is 32.2. The van der Waals surface area contributed by atoms with E-state index in [9.17, 15) is 9.13 Å². The maximum atomic E-state index is 11.5. The Morgan fingerprint density at radius 1 is 0.348 bits per heavy atom. The molecular weight excluding hydrogens is 678 g/mol. The van der Waals surface area contributed by atoms with Crippen LogP contribution < -0.4 is 31.8 Å². The minimum absolute atomic E-state index is 0. The van der Waals surface area contributed by atoms with E-state index in [1.807, 2.05) is 182 Å². The quantitative estimate of drug-likeness (QED) is 0.0972. The molecule has 0 saturated carbocycles. The summed E-state index contributed by atoms with van der Waals surface area (Å²) in [5, 5.41) is 5.90. The average Bonchev–Trinajstić information content (AvgIpc) is 3.09. The third kappa shape index (κ3) is 9.59. The van der Waals surface area contributed by atoms with Gasteiger partial charge < -0.3 is 9.13 Å². The van der Waals surface area contributed by atoms with E-state index in [0.717, 1.165) is 31.8 Å². The van der Waals surface area contributed by atoms with Crippen LogP contribution >= 0.6 is 14.3 Å². The molecule has 0 saturated heterocycles. The van der Waals surface area contributed by atoms with Crippen LogP contribution in [0.5, 0.6) is 0 Å². The molecule has 0 unspecified atom stereocenters. The van der Waals surface area contributed by atoms with E-state index in [1.54, 1.807) is 0 Å². The Morgan fingerprint density at radius 2 is 0.457 bits per heavy atom. The molecule has 6 aromatic rings. The molecule has 0 aliphatic heterocycles. The predicted octanol–water partition coefficient (Wildman–Crippen LogP) is 5.88. The summed E-state index contributed by atoms with van der Waals surface area (Å²) < 4.78 is 54.7. The van der Waals surface area contributed by atoms with Crippen molar-refractivity contribution in [1.29, 1.82) is 0 Å². The fourth-order valence-electron chi connectivity index (χ4n) is 4.76. The molecule has 6 nitrogen and oxygen atoms in total. The molecule has 10 heteroatoms. The first-order valence-corrected chi connectivity index (χ1v) is 18.8. The summed E-state index contributed by atoms with van der Waals surface area (Å²) in [5.41, 5.74) is 0. The topological polar surface area (TPSA) is 117 Å². The molecule has 0 atom stereocenters. The largest absolute Gasteiger partial charge is 0.394 e. The predicted molar refractivity (Wildman–Crippen MR) is 188 cm³/mol. The van der Waals surface area contributed by atoms with Gasteiger partial charge in [-0.3, -0.25) is 9.11 Å². The summed E-state index contributed by atoms with van der Waals surface area (Å²) in [5.74, 6) is 0. The maximum absolute atomic E-state index is 11.5. The second kappa shape index (κ2) is 17.2. The van der Waals surface area contributed by atoms with E-state index < -0.39 is 24.7 Å². The molecule has 236 valence electrons. The van der Waals surface area contributed by atoms with Gasteiger partial charge in [0.25, 0.3) is 0 Å². The Kier molecular flexibility index (Phi) is 13.7. The summed E-state index contributed by atoms with van der Waals surface area (Å²) in [4.78, 5) is 0. The van der Waals surface area contributed by atoms with Crippen LogP contribution in [0, 0.1) is 0 Å². The van der Waals surface area contributed by atoms with E-state index in [4.69, 9.17) is 17.5 Å². The zero-order valence-electron chi connectivity index (χ0n) is 24.6. The molecule has 6 aromatic carbocycles. The second-order valence-corrected chi connectivity index (χ2v) is 16.3. The first-order valence-electron chi connectivity index (χ1n) is 13.9. The van der Waals surface area contributed by atoms with Gasteiger partial charge in [0.15, 0.2) is 0 Å². The average molecular weight is 713 g/mol. The maximum Gasteiger partial charge on any atom is 0.394 e. The van der Waals surface area contributed by atoms with E-state index >= 15 is 0 Å². The fraction of sp³-hybridized carbons (Fsp3) is 0. The summed E-state index contributed by atoms with van der Waals surface area (Å²) >= 11 is 0. The van der Waals surface area contributed by atoms with E-state index in [0.29, 0.717) is 0 Å². The first kappa shape index (κ1) is 36.6. The number of hydrogen-bond acceptors (Lipinski definition) is 2. The van der Waals surface area contributed by atoms with Gasteiger partial charge in [-0.05, 0) is 72.8 Å². The van der Waals surface area contributed by atoms with E-state index in [-0.39, 0.29) is 17.1 Å². The molecule has 0 aromatic heterocycles. The van der Waals surface area contributed by atoms with Crippen LogP contribution in [-0.2, 0) is 27.5 Å². The molecule has 0 bridgehead atoms. The van der Waals surface area contributed by atoms with Crippen LogP contribution in [0.25, 0.3) is 0 Å². The third-order valence-corrected chi connectivity index (χ3v) is 13.1. The minimum Gasteiger partial charge on any atom is -0.307 e. The Hall–Kier alpha value is -3.83. The van der Waals surface area contributed by atoms with Gasteiger partial charge in [0, 0.05) is 17.1 Å². The van der Waals surface area contributed by atoms with Crippen LogP contribution in [0.2, 0.25) is 0 Å². The first-order chi connectivity index (χ1) is 21.6. The standard InChI is InChI=1S/2C18H15OP.Fe.H2O4S/c2*19-20(16-10-4-1-5-11-16,17-12-6-2-7-13-17)18-14-8-3-9-15-18;;1-5(2,3)4/h2*1-15H;;(H2,1,2,3,4)/p+2. The second-order valence-electron chi connectivity index (χ2n) is 9.73. The number of rotatable bonds is 6. The summed E-state index contributed by atoms with van der Waals surface area (Å²) in [6.45, 7) is 0. The van der Waals surface area contributed by atoms with Crippen molar-refractivity contribution in [3.8, 4) is 0 Å². The summed E-state index contributed by atoms with van der Waals surface area (Å²) in [6, 6.07) is 59.7. The Labute approximate surface area is 281 Å². The summed E-state index contributed by atoms with van der Waals surface area (Å²) in [7, 11) is -9.72. The van der Waals surface area contributed by atoms with Crippen molar-refractivity contribution >= 4 is 56.5 Å². The van der Waals surface area contributed by atoms with Gasteiger partial charge in [0.2, 0.25) is 0 Å². The Morgan fingerprint density at radius 3 is 0.565 bits per heavy atom. The van der Waals surface area contributed by atoms with Crippen LogP contribution in [0.1, 0.15) is 0 Å². The molecule has 0 fully saturated rings.